The van der Waals surface area contributed by atoms with E-state index in [0.29, 0.717) is 6.04 Å². The monoisotopic (exact) mass is 239 g/mol. The molecule has 0 aromatic carbocycles. The number of hydrogen-bond donors (Lipinski definition) is 1. The number of allylic oxidation sites excluding steroid dienone is 1. The van der Waals surface area contributed by atoms with Gasteiger partial charge in [-0.05, 0) is 46.3 Å². The van der Waals surface area contributed by atoms with E-state index in [2.05, 4.69) is 35.7 Å². The number of nitrogens with one attached hydrogen (secondary N) is 1. The highest BCUT2D eigenvalue weighted by Gasteiger charge is 2.12. The maximum Gasteiger partial charge on any atom is 0.0110 e. The summed E-state index contributed by atoms with van der Waals surface area (Å²) in [6, 6.07) is 0.625. The van der Waals surface area contributed by atoms with Crippen molar-refractivity contribution in [3.05, 3.63) is 12.7 Å². The fourth-order valence-electron chi connectivity index (χ4n) is 2.19. The SMILES string of the molecule is C=CCCC(C)NCCCN1CCN(C)CC1. The highest BCUT2D eigenvalue weighted by Crippen LogP contribution is 2.00. The van der Waals surface area contributed by atoms with Crippen LogP contribution < -0.4 is 5.32 Å². The summed E-state index contributed by atoms with van der Waals surface area (Å²) in [6.07, 6.45) is 5.59. The lowest BCUT2D eigenvalue weighted by molar-refractivity contribution is 0.152. The third-order valence-electron chi connectivity index (χ3n) is 3.54. The summed E-state index contributed by atoms with van der Waals surface area (Å²) in [5, 5.41) is 3.58. The smallest absolute Gasteiger partial charge is 0.0110 e. The van der Waals surface area contributed by atoms with Crippen LogP contribution in [0.1, 0.15) is 26.2 Å². The number of rotatable bonds is 8. The molecule has 1 aliphatic heterocycles. The van der Waals surface area contributed by atoms with E-state index in [0.717, 1.165) is 13.0 Å². The van der Waals surface area contributed by atoms with Crippen LogP contribution in [-0.2, 0) is 0 Å². The predicted molar refractivity (Wildman–Crippen MR) is 75.4 cm³/mol. The van der Waals surface area contributed by atoms with Crippen LogP contribution in [0, 0.1) is 0 Å². The second-order valence-corrected chi connectivity index (χ2v) is 5.22. The van der Waals surface area contributed by atoms with Gasteiger partial charge in [-0.25, -0.2) is 0 Å². The summed E-state index contributed by atoms with van der Waals surface area (Å²) in [6.45, 7) is 13.3. The van der Waals surface area contributed by atoms with Crippen LogP contribution in [0.3, 0.4) is 0 Å². The van der Waals surface area contributed by atoms with Gasteiger partial charge >= 0.3 is 0 Å². The summed E-state index contributed by atoms with van der Waals surface area (Å²) < 4.78 is 0. The van der Waals surface area contributed by atoms with Crippen molar-refractivity contribution in [1.82, 2.24) is 15.1 Å². The summed E-state index contributed by atoms with van der Waals surface area (Å²) in [5.74, 6) is 0. The Morgan fingerprint density at radius 3 is 2.65 bits per heavy atom. The van der Waals surface area contributed by atoms with Gasteiger partial charge in [0, 0.05) is 32.2 Å². The lowest BCUT2D eigenvalue weighted by Gasteiger charge is -2.32. The molecule has 1 fully saturated rings. The van der Waals surface area contributed by atoms with E-state index in [1.54, 1.807) is 0 Å². The second-order valence-electron chi connectivity index (χ2n) is 5.22. The minimum atomic E-state index is 0.625. The summed E-state index contributed by atoms with van der Waals surface area (Å²) in [7, 11) is 2.21. The third kappa shape index (κ3) is 6.81. The van der Waals surface area contributed by atoms with E-state index in [9.17, 15) is 0 Å². The van der Waals surface area contributed by atoms with Crippen molar-refractivity contribution in [2.75, 3.05) is 46.3 Å². The molecule has 1 saturated heterocycles. The molecule has 1 atom stereocenters. The minimum Gasteiger partial charge on any atom is -0.314 e. The van der Waals surface area contributed by atoms with E-state index in [4.69, 9.17) is 0 Å². The maximum atomic E-state index is 3.76. The van der Waals surface area contributed by atoms with Crippen molar-refractivity contribution in [3.8, 4) is 0 Å². The van der Waals surface area contributed by atoms with Crippen LogP contribution in [0.5, 0.6) is 0 Å². The van der Waals surface area contributed by atoms with E-state index in [-0.39, 0.29) is 0 Å². The van der Waals surface area contributed by atoms with Crippen LogP contribution in [0.25, 0.3) is 0 Å². The molecule has 0 spiro atoms. The summed E-state index contributed by atoms with van der Waals surface area (Å²) >= 11 is 0. The van der Waals surface area contributed by atoms with E-state index in [1.165, 1.54) is 45.6 Å². The number of piperazine rings is 1. The topological polar surface area (TPSA) is 18.5 Å². The van der Waals surface area contributed by atoms with Gasteiger partial charge < -0.3 is 15.1 Å². The molecule has 0 saturated carbocycles. The normalized spacial score (nSPS) is 20.4. The van der Waals surface area contributed by atoms with Gasteiger partial charge in [0.2, 0.25) is 0 Å². The highest BCUT2D eigenvalue weighted by atomic mass is 15.2. The Morgan fingerprint density at radius 1 is 1.29 bits per heavy atom. The van der Waals surface area contributed by atoms with Gasteiger partial charge in [-0.3, -0.25) is 0 Å². The van der Waals surface area contributed by atoms with Crippen molar-refractivity contribution in [2.45, 2.75) is 32.2 Å². The number of nitrogens with zero attached hydrogens (tertiary/aromatic N) is 2. The first-order chi connectivity index (χ1) is 8.22. The maximum absolute atomic E-state index is 3.76. The van der Waals surface area contributed by atoms with Gasteiger partial charge in [0.05, 0.1) is 0 Å². The van der Waals surface area contributed by atoms with Gasteiger partial charge in [0.25, 0.3) is 0 Å². The Bertz CT molecular complexity index is 198. The van der Waals surface area contributed by atoms with E-state index < -0.39 is 0 Å². The highest BCUT2D eigenvalue weighted by molar-refractivity contribution is 4.72. The molecule has 3 nitrogen and oxygen atoms in total. The second kappa shape index (κ2) is 8.67. The molecule has 17 heavy (non-hydrogen) atoms. The summed E-state index contributed by atoms with van der Waals surface area (Å²) in [4.78, 5) is 4.99. The molecule has 0 aromatic heterocycles. The predicted octanol–water partition coefficient (Wildman–Crippen LogP) is 1.57. The molecule has 1 unspecified atom stereocenters. The van der Waals surface area contributed by atoms with Crippen LogP contribution in [0.2, 0.25) is 0 Å². The van der Waals surface area contributed by atoms with E-state index in [1.807, 2.05) is 6.08 Å². The zero-order valence-electron chi connectivity index (χ0n) is 11.6. The number of hydrogen-bond acceptors (Lipinski definition) is 3. The molecule has 1 N–H and O–H groups in total. The fraction of sp³-hybridized carbons (Fsp3) is 0.857. The van der Waals surface area contributed by atoms with Crippen molar-refractivity contribution in [2.24, 2.45) is 0 Å². The van der Waals surface area contributed by atoms with Gasteiger partial charge in [0.15, 0.2) is 0 Å². The Labute approximate surface area is 107 Å². The molecule has 1 heterocycles. The van der Waals surface area contributed by atoms with Gasteiger partial charge in [0.1, 0.15) is 0 Å². The number of likely N-dealkylation sites (N-methyl/N-ethyl adjacent to an activating group) is 1. The first-order valence-electron chi connectivity index (χ1n) is 6.97. The van der Waals surface area contributed by atoms with Crippen molar-refractivity contribution in [1.29, 1.82) is 0 Å². The van der Waals surface area contributed by atoms with Crippen molar-refractivity contribution < 1.29 is 0 Å². The first kappa shape index (κ1) is 14.7. The molecule has 0 amide bonds. The Balaban J connectivity index is 1.95. The largest absolute Gasteiger partial charge is 0.314 e. The van der Waals surface area contributed by atoms with Gasteiger partial charge in [-0.2, -0.15) is 0 Å². The molecular weight excluding hydrogens is 210 g/mol. The van der Waals surface area contributed by atoms with Crippen LogP contribution in [-0.4, -0.2) is 62.2 Å². The molecule has 3 heteroatoms. The molecular formula is C14H29N3. The van der Waals surface area contributed by atoms with Crippen LogP contribution >= 0.6 is 0 Å². The Kier molecular flexibility index (Phi) is 7.49. The average molecular weight is 239 g/mol. The fourth-order valence-corrected chi connectivity index (χ4v) is 2.19. The zero-order valence-corrected chi connectivity index (χ0v) is 11.6. The molecule has 0 bridgehead atoms. The molecule has 0 aromatic rings. The molecule has 0 radical (unpaired) electrons. The summed E-state index contributed by atoms with van der Waals surface area (Å²) in [5.41, 5.74) is 0. The lowest BCUT2D eigenvalue weighted by Crippen LogP contribution is -2.45. The zero-order chi connectivity index (χ0) is 12.5. The lowest BCUT2D eigenvalue weighted by atomic mass is 10.2. The molecule has 1 rings (SSSR count). The molecule has 100 valence electrons. The average Bonchev–Trinajstić information content (AvgIpc) is 2.34. The Morgan fingerprint density at radius 2 is 2.00 bits per heavy atom. The van der Waals surface area contributed by atoms with Crippen LogP contribution in [0.15, 0.2) is 12.7 Å². The minimum absolute atomic E-state index is 0.625. The standard InChI is InChI=1S/C14H29N3/c1-4-5-7-14(2)15-8-6-9-17-12-10-16(3)11-13-17/h4,14-15H,1,5-13H2,2-3H3. The van der Waals surface area contributed by atoms with Crippen LogP contribution in [0.4, 0.5) is 0 Å². The van der Waals surface area contributed by atoms with Gasteiger partial charge in [-0.1, -0.05) is 6.08 Å². The first-order valence-corrected chi connectivity index (χ1v) is 6.97. The molecule has 0 aliphatic carbocycles. The third-order valence-corrected chi connectivity index (χ3v) is 3.54. The Hall–Kier alpha value is -0.380. The van der Waals surface area contributed by atoms with E-state index >= 15 is 0 Å². The quantitative estimate of drug-likeness (QED) is 0.512. The van der Waals surface area contributed by atoms with Crippen molar-refractivity contribution >= 4 is 0 Å². The van der Waals surface area contributed by atoms with Crippen molar-refractivity contribution in [3.63, 3.8) is 0 Å². The molecule has 1 aliphatic rings. The van der Waals surface area contributed by atoms with Gasteiger partial charge in [-0.15, -0.1) is 6.58 Å².